The molecule has 88 valence electrons. The summed E-state index contributed by atoms with van der Waals surface area (Å²) in [6.07, 6.45) is 0. The zero-order valence-electron chi connectivity index (χ0n) is 8.55. The number of nitrogen functional groups attached to an aromatic ring is 1. The lowest BCUT2D eigenvalue weighted by Crippen LogP contribution is -1.98. The molecule has 0 spiro atoms. The van der Waals surface area contributed by atoms with Crippen molar-refractivity contribution in [1.29, 1.82) is 0 Å². The molecule has 0 bridgehead atoms. The maximum absolute atomic E-state index is 13.4. The molecule has 0 aliphatic carbocycles. The Morgan fingerprint density at radius 3 is 2.65 bits per heavy atom. The van der Waals surface area contributed by atoms with Gasteiger partial charge < -0.3 is 11.1 Å². The van der Waals surface area contributed by atoms with E-state index in [2.05, 4.69) is 10.3 Å². The van der Waals surface area contributed by atoms with Gasteiger partial charge in [0.25, 0.3) is 0 Å². The summed E-state index contributed by atoms with van der Waals surface area (Å²) in [6.45, 7) is 0. The molecule has 0 amide bonds. The smallest absolute Gasteiger partial charge is 0.146 e. The van der Waals surface area contributed by atoms with Crippen molar-refractivity contribution in [2.24, 2.45) is 0 Å². The highest BCUT2D eigenvalue weighted by Crippen LogP contribution is 2.24. The van der Waals surface area contributed by atoms with Crippen LogP contribution in [0.4, 0.5) is 21.6 Å². The molecule has 0 aliphatic rings. The number of nitrogens with two attached hydrogens (primary N) is 1. The van der Waals surface area contributed by atoms with Gasteiger partial charge in [0.2, 0.25) is 0 Å². The third-order valence-corrected chi connectivity index (χ3v) is 2.44. The van der Waals surface area contributed by atoms with Crippen LogP contribution in [-0.2, 0) is 0 Å². The lowest BCUT2D eigenvalue weighted by Gasteiger charge is -2.08. The van der Waals surface area contributed by atoms with Crippen molar-refractivity contribution in [3.05, 3.63) is 46.3 Å². The molecule has 2 rings (SSSR count). The Kier molecular flexibility index (Phi) is 3.36. The fourth-order valence-corrected chi connectivity index (χ4v) is 1.70. The second kappa shape index (κ2) is 4.77. The first-order chi connectivity index (χ1) is 8.04. The molecule has 0 saturated heterocycles. The van der Waals surface area contributed by atoms with E-state index in [4.69, 9.17) is 28.9 Å². The summed E-state index contributed by atoms with van der Waals surface area (Å²) in [6, 6.07) is 7.23. The monoisotopic (exact) mass is 271 g/mol. The highest BCUT2D eigenvalue weighted by Gasteiger charge is 2.05. The average Bonchev–Trinajstić information content (AvgIpc) is 2.22. The second-order valence-corrected chi connectivity index (χ2v) is 4.18. The predicted molar refractivity (Wildman–Crippen MR) is 68.4 cm³/mol. The van der Waals surface area contributed by atoms with Gasteiger partial charge in [-0.05, 0) is 24.3 Å². The molecule has 17 heavy (non-hydrogen) atoms. The van der Waals surface area contributed by atoms with Gasteiger partial charge >= 0.3 is 0 Å². The Labute approximate surface area is 107 Å². The van der Waals surface area contributed by atoms with E-state index in [-0.39, 0.29) is 10.8 Å². The summed E-state index contributed by atoms with van der Waals surface area (Å²) >= 11 is 11.5. The molecular weight excluding hydrogens is 264 g/mol. The maximum atomic E-state index is 13.4. The van der Waals surface area contributed by atoms with E-state index in [0.717, 1.165) is 0 Å². The van der Waals surface area contributed by atoms with Gasteiger partial charge in [0.05, 0.1) is 5.69 Å². The molecule has 0 atom stereocenters. The standard InChI is InChI=1S/C11H8Cl2FN3/c12-6-1-2-8(14)9(3-6)16-11-5-7(15)4-10(13)17-11/h1-5H,(H3,15,16,17). The maximum Gasteiger partial charge on any atom is 0.146 e. The quantitative estimate of drug-likeness (QED) is 0.816. The van der Waals surface area contributed by atoms with Crippen LogP contribution in [0.3, 0.4) is 0 Å². The normalized spacial score (nSPS) is 10.3. The van der Waals surface area contributed by atoms with E-state index >= 15 is 0 Å². The highest BCUT2D eigenvalue weighted by molar-refractivity contribution is 6.31. The number of rotatable bonds is 2. The average molecular weight is 272 g/mol. The highest BCUT2D eigenvalue weighted by atomic mass is 35.5. The van der Waals surface area contributed by atoms with Crippen LogP contribution < -0.4 is 11.1 Å². The summed E-state index contributed by atoms with van der Waals surface area (Å²) in [7, 11) is 0. The topological polar surface area (TPSA) is 50.9 Å². The number of pyridine rings is 1. The van der Waals surface area contributed by atoms with Crippen molar-refractivity contribution in [3.63, 3.8) is 0 Å². The molecule has 1 aromatic carbocycles. The van der Waals surface area contributed by atoms with Crippen molar-refractivity contribution in [2.75, 3.05) is 11.1 Å². The van der Waals surface area contributed by atoms with Crippen molar-refractivity contribution >= 4 is 40.4 Å². The van der Waals surface area contributed by atoms with Gasteiger partial charge in [0.15, 0.2) is 0 Å². The van der Waals surface area contributed by atoms with Crippen LogP contribution in [0.2, 0.25) is 10.2 Å². The second-order valence-electron chi connectivity index (χ2n) is 3.36. The van der Waals surface area contributed by atoms with Gasteiger partial charge in [-0.3, -0.25) is 0 Å². The van der Waals surface area contributed by atoms with E-state index in [1.807, 2.05) is 0 Å². The number of anilines is 3. The van der Waals surface area contributed by atoms with Crippen LogP contribution in [0.1, 0.15) is 0 Å². The van der Waals surface area contributed by atoms with Gasteiger partial charge in [0, 0.05) is 16.8 Å². The van der Waals surface area contributed by atoms with Gasteiger partial charge in [0.1, 0.15) is 16.8 Å². The molecule has 6 heteroatoms. The molecule has 0 saturated carbocycles. The minimum absolute atomic E-state index is 0.215. The van der Waals surface area contributed by atoms with Crippen LogP contribution in [0.5, 0.6) is 0 Å². The molecule has 0 aliphatic heterocycles. The zero-order valence-corrected chi connectivity index (χ0v) is 10.1. The van der Waals surface area contributed by atoms with Crippen LogP contribution in [0, 0.1) is 5.82 Å². The Morgan fingerprint density at radius 1 is 1.18 bits per heavy atom. The molecule has 1 aromatic heterocycles. The van der Waals surface area contributed by atoms with Gasteiger partial charge in [-0.15, -0.1) is 0 Å². The number of hydrogen-bond donors (Lipinski definition) is 2. The summed E-state index contributed by atoms with van der Waals surface area (Å²) in [5, 5.41) is 3.41. The van der Waals surface area contributed by atoms with Crippen molar-refractivity contribution in [1.82, 2.24) is 4.98 Å². The van der Waals surface area contributed by atoms with E-state index in [9.17, 15) is 4.39 Å². The number of benzene rings is 1. The molecule has 1 heterocycles. The van der Waals surface area contributed by atoms with Crippen LogP contribution in [0.15, 0.2) is 30.3 Å². The van der Waals surface area contributed by atoms with E-state index in [1.165, 1.54) is 24.3 Å². The zero-order chi connectivity index (χ0) is 12.4. The van der Waals surface area contributed by atoms with Crippen LogP contribution >= 0.6 is 23.2 Å². The molecular formula is C11H8Cl2FN3. The van der Waals surface area contributed by atoms with Crippen LogP contribution in [0.25, 0.3) is 0 Å². The van der Waals surface area contributed by atoms with E-state index in [0.29, 0.717) is 16.5 Å². The summed E-state index contributed by atoms with van der Waals surface area (Å²) in [5.74, 6) is -0.0779. The van der Waals surface area contributed by atoms with Gasteiger partial charge in [-0.2, -0.15) is 0 Å². The molecule has 3 N–H and O–H groups in total. The number of aromatic nitrogens is 1. The summed E-state index contributed by atoms with van der Waals surface area (Å²) < 4.78 is 13.4. The Bertz CT molecular complexity index is 540. The fraction of sp³-hybridized carbons (Fsp3) is 0. The van der Waals surface area contributed by atoms with Gasteiger partial charge in [-0.25, -0.2) is 9.37 Å². The van der Waals surface area contributed by atoms with E-state index < -0.39 is 5.82 Å². The first kappa shape index (κ1) is 12.0. The molecule has 2 aromatic rings. The van der Waals surface area contributed by atoms with Crippen LogP contribution in [-0.4, -0.2) is 4.98 Å². The summed E-state index contributed by atoms with van der Waals surface area (Å²) in [4.78, 5) is 3.96. The SMILES string of the molecule is Nc1cc(Cl)nc(Nc2cc(Cl)ccc2F)c1. The van der Waals surface area contributed by atoms with E-state index in [1.54, 1.807) is 6.07 Å². The lowest BCUT2D eigenvalue weighted by atomic mass is 10.3. The predicted octanol–water partition coefficient (Wildman–Crippen LogP) is 3.85. The molecule has 0 unspecified atom stereocenters. The summed E-state index contributed by atoms with van der Waals surface area (Å²) in [5.41, 5.74) is 6.25. The Hall–Kier alpha value is -1.52. The lowest BCUT2D eigenvalue weighted by molar-refractivity contribution is 0.632. The number of nitrogens with one attached hydrogen (secondary N) is 1. The van der Waals surface area contributed by atoms with Gasteiger partial charge in [-0.1, -0.05) is 23.2 Å². The van der Waals surface area contributed by atoms with Crippen molar-refractivity contribution < 1.29 is 4.39 Å². The third-order valence-electron chi connectivity index (χ3n) is 2.01. The Balaban J connectivity index is 2.34. The van der Waals surface area contributed by atoms with Crippen molar-refractivity contribution in [2.45, 2.75) is 0 Å². The first-order valence-electron chi connectivity index (χ1n) is 4.70. The fourth-order valence-electron chi connectivity index (χ4n) is 1.31. The minimum Gasteiger partial charge on any atom is -0.399 e. The Morgan fingerprint density at radius 2 is 1.94 bits per heavy atom. The number of hydrogen-bond acceptors (Lipinski definition) is 3. The minimum atomic E-state index is -0.435. The number of nitrogens with zero attached hydrogens (tertiary/aromatic N) is 1. The third kappa shape index (κ3) is 2.99. The largest absolute Gasteiger partial charge is 0.399 e. The molecule has 0 radical (unpaired) electrons. The molecule has 0 fully saturated rings. The molecule has 3 nitrogen and oxygen atoms in total. The first-order valence-corrected chi connectivity index (χ1v) is 5.45. The number of halogens is 3. The van der Waals surface area contributed by atoms with Crippen molar-refractivity contribution in [3.8, 4) is 0 Å².